The van der Waals surface area contributed by atoms with E-state index in [2.05, 4.69) is 10.3 Å². The lowest BCUT2D eigenvalue weighted by Crippen LogP contribution is -2.28. The Balaban J connectivity index is 2.62. The van der Waals surface area contributed by atoms with Crippen LogP contribution in [0.1, 0.15) is 37.6 Å². The van der Waals surface area contributed by atoms with Gasteiger partial charge in [-0.2, -0.15) is 4.39 Å². The molecule has 94 valence electrons. The maximum Gasteiger partial charge on any atom is 0.254 e. The summed E-state index contributed by atoms with van der Waals surface area (Å²) in [6.07, 6.45) is 1.82. The Morgan fingerprint density at radius 3 is 2.65 bits per heavy atom. The van der Waals surface area contributed by atoms with Crippen LogP contribution in [0.25, 0.3) is 0 Å². The molecule has 0 unspecified atom stereocenters. The molecule has 0 bridgehead atoms. The van der Waals surface area contributed by atoms with Crippen LogP contribution in [-0.4, -0.2) is 17.4 Å². The van der Waals surface area contributed by atoms with Crippen molar-refractivity contribution < 1.29 is 13.6 Å². The second kappa shape index (κ2) is 5.21. The first-order valence-corrected chi connectivity index (χ1v) is 5.39. The van der Waals surface area contributed by atoms with Crippen molar-refractivity contribution in [2.75, 3.05) is 6.54 Å². The van der Waals surface area contributed by atoms with Gasteiger partial charge in [0.05, 0.1) is 5.56 Å². The van der Waals surface area contributed by atoms with Crippen LogP contribution in [0.15, 0.2) is 12.3 Å². The topological polar surface area (TPSA) is 42.0 Å². The average Bonchev–Trinajstić information content (AvgIpc) is 2.20. The molecule has 0 radical (unpaired) electrons. The third-order valence-electron chi connectivity index (χ3n) is 2.25. The van der Waals surface area contributed by atoms with Gasteiger partial charge >= 0.3 is 0 Å². The summed E-state index contributed by atoms with van der Waals surface area (Å²) in [5.41, 5.74) is -0.235. The fourth-order valence-electron chi connectivity index (χ4n) is 1.24. The summed E-state index contributed by atoms with van der Waals surface area (Å²) < 4.78 is 26.0. The van der Waals surface area contributed by atoms with E-state index in [0.717, 1.165) is 18.7 Å². The predicted molar refractivity (Wildman–Crippen MR) is 60.6 cm³/mol. The van der Waals surface area contributed by atoms with Gasteiger partial charge < -0.3 is 5.32 Å². The number of hydrogen-bond acceptors (Lipinski definition) is 2. The van der Waals surface area contributed by atoms with E-state index in [4.69, 9.17) is 0 Å². The van der Waals surface area contributed by atoms with Gasteiger partial charge in [-0.25, -0.2) is 9.37 Å². The van der Waals surface area contributed by atoms with Crippen molar-refractivity contribution in [2.24, 2.45) is 5.41 Å². The summed E-state index contributed by atoms with van der Waals surface area (Å²) in [5, 5.41) is 2.55. The van der Waals surface area contributed by atoms with E-state index in [1.807, 2.05) is 20.8 Å². The molecule has 0 atom stereocenters. The van der Waals surface area contributed by atoms with Crippen LogP contribution in [0.3, 0.4) is 0 Å². The van der Waals surface area contributed by atoms with Gasteiger partial charge in [0.15, 0.2) is 5.82 Å². The van der Waals surface area contributed by atoms with Crippen LogP contribution >= 0.6 is 0 Å². The highest BCUT2D eigenvalue weighted by Crippen LogP contribution is 2.17. The molecule has 0 aliphatic heterocycles. The molecule has 0 aliphatic carbocycles. The van der Waals surface area contributed by atoms with E-state index in [-0.39, 0.29) is 11.0 Å². The van der Waals surface area contributed by atoms with Crippen molar-refractivity contribution in [3.63, 3.8) is 0 Å². The maximum absolute atomic E-state index is 13.2. The second-order valence-corrected chi connectivity index (χ2v) is 5.03. The van der Waals surface area contributed by atoms with Gasteiger partial charge in [-0.1, -0.05) is 20.8 Å². The molecule has 0 fully saturated rings. The Morgan fingerprint density at radius 1 is 1.41 bits per heavy atom. The summed E-state index contributed by atoms with van der Waals surface area (Å²) in [7, 11) is 0. The zero-order chi connectivity index (χ0) is 13.1. The van der Waals surface area contributed by atoms with Crippen molar-refractivity contribution >= 4 is 5.91 Å². The first-order chi connectivity index (χ1) is 7.81. The Hall–Kier alpha value is -1.52. The fraction of sp³-hybridized carbons (Fsp3) is 0.500. The van der Waals surface area contributed by atoms with E-state index < -0.39 is 17.7 Å². The monoisotopic (exact) mass is 242 g/mol. The smallest absolute Gasteiger partial charge is 0.254 e. The van der Waals surface area contributed by atoms with Crippen LogP contribution in [0.2, 0.25) is 0 Å². The lowest BCUT2D eigenvalue weighted by Gasteiger charge is -2.18. The molecule has 17 heavy (non-hydrogen) atoms. The molecule has 0 aromatic carbocycles. The van der Waals surface area contributed by atoms with Crippen LogP contribution in [0.5, 0.6) is 0 Å². The molecule has 1 aromatic heterocycles. The SMILES string of the molecule is CC(C)(C)CCNC(=O)c1ccnc(F)c1F. The molecule has 0 saturated heterocycles. The Kier molecular flexibility index (Phi) is 4.15. The number of nitrogens with zero attached hydrogens (tertiary/aromatic N) is 1. The highest BCUT2D eigenvalue weighted by Gasteiger charge is 2.16. The van der Waals surface area contributed by atoms with Gasteiger partial charge in [0, 0.05) is 12.7 Å². The number of amides is 1. The van der Waals surface area contributed by atoms with Crippen LogP contribution in [0.4, 0.5) is 8.78 Å². The molecule has 1 aromatic rings. The Bertz CT molecular complexity index is 413. The number of carbonyl (C=O) groups is 1. The highest BCUT2D eigenvalue weighted by atomic mass is 19.2. The van der Waals surface area contributed by atoms with E-state index >= 15 is 0 Å². The van der Waals surface area contributed by atoms with E-state index in [0.29, 0.717) is 6.54 Å². The number of hydrogen-bond donors (Lipinski definition) is 1. The summed E-state index contributed by atoms with van der Waals surface area (Å²) in [6.45, 7) is 6.52. The number of halogens is 2. The molecule has 0 saturated carbocycles. The fourth-order valence-corrected chi connectivity index (χ4v) is 1.24. The lowest BCUT2D eigenvalue weighted by molar-refractivity contribution is 0.0944. The zero-order valence-corrected chi connectivity index (χ0v) is 10.2. The minimum absolute atomic E-state index is 0.0787. The molecule has 1 amide bonds. The zero-order valence-electron chi connectivity index (χ0n) is 10.2. The van der Waals surface area contributed by atoms with Gasteiger partial charge in [0.1, 0.15) is 0 Å². The number of aromatic nitrogens is 1. The normalized spacial score (nSPS) is 11.4. The minimum atomic E-state index is -1.26. The third kappa shape index (κ3) is 4.09. The Morgan fingerprint density at radius 2 is 2.06 bits per heavy atom. The largest absolute Gasteiger partial charge is 0.352 e. The van der Waals surface area contributed by atoms with Crippen molar-refractivity contribution in [3.05, 3.63) is 29.6 Å². The van der Waals surface area contributed by atoms with Crippen LogP contribution < -0.4 is 5.32 Å². The molecular formula is C12H16F2N2O. The highest BCUT2D eigenvalue weighted by molar-refractivity contribution is 5.94. The molecule has 0 spiro atoms. The number of pyridine rings is 1. The molecule has 1 heterocycles. The average molecular weight is 242 g/mol. The summed E-state index contributed by atoms with van der Waals surface area (Å²) in [4.78, 5) is 14.7. The van der Waals surface area contributed by atoms with Crippen LogP contribution in [0, 0.1) is 17.2 Å². The number of carbonyl (C=O) groups excluding carboxylic acids is 1. The van der Waals surface area contributed by atoms with Crippen molar-refractivity contribution in [1.29, 1.82) is 0 Å². The third-order valence-corrected chi connectivity index (χ3v) is 2.25. The second-order valence-electron chi connectivity index (χ2n) is 5.03. The van der Waals surface area contributed by atoms with Gasteiger partial charge in [-0.3, -0.25) is 4.79 Å². The first kappa shape index (κ1) is 13.5. The molecule has 1 rings (SSSR count). The minimum Gasteiger partial charge on any atom is -0.352 e. The number of rotatable bonds is 3. The molecule has 3 nitrogen and oxygen atoms in total. The lowest BCUT2D eigenvalue weighted by atomic mass is 9.92. The van der Waals surface area contributed by atoms with Gasteiger partial charge in [0.2, 0.25) is 5.95 Å². The van der Waals surface area contributed by atoms with Crippen molar-refractivity contribution in [1.82, 2.24) is 10.3 Å². The van der Waals surface area contributed by atoms with Gasteiger partial charge in [-0.05, 0) is 17.9 Å². The molecule has 5 heteroatoms. The van der Waals surface area contributed by atoms with E-state index in [1.54, 1.807) is 0 Å². The number of nitrogens with one attached hydrogen (secondary N) is 1. The van der Waals surface area contributed by atoms with Gasteiger partial charge in [-0.15, -0.1) is 0 Å². The standard InChI is InChI=1S/C12H16F2N2O/c1-12(2,3)5-7-16-11(17)8-4-6-15-10(14)9(8)13/h4,6H,5,7H2,1-3H3,(H,16,17). The molecular weight excluding hydrogens is 226 g/mol. The maximum atomic E-state index is 13.2. The van der Waals surface area contributed by atoms with Crippen molar-refractivity contribution in [2.45, 2.75) is 27.2 Å². The van der Waals surface area contributed by atoms with Crippen molar-refractivity contribution in [3.8, 4) is 0 Å². The molecule has 1 N–H and O–H groups in total. The Labute approximate surface area is 99.2 Å². The van der Waals surface area contributed by atoms with Gasteiger partial charge in [0.25, 0.3) is 5.91 Å². The molecule has 0 aliphatic rings. The predicted octanol–water partition coefficient (Wildman–Crippen LogP) is 2.53. The van der Waals surface area contributed by atoms with E-state index in [1.165, 1.54) is 0 Å². The summed E-state index contributed by atoms with van der Waals surface area (Å²) >= 11 is 0. The van der Waals surface area contributed by atoms with Crippen LogP contribution in [-0.2, 0) is 0 Å². The first-order valence-electron chi connectivity index (χ1n) is 5.39. The summed E-state index contributed by atoms with van der Waals surface area (Å²) in [5.74, 6) is -3.08. The quantitative estimate of drug-likeness (QED) is 0.827. The van der Waals surface area contributed by atoms with E-state index in [9.17, 15) is 13.6 Å². The summed E-state index contributed by atoms with van der Waals surface area (Å²) in [6, 6.07) is 1.16.